The molecule has 0 saturated heterocycles. The number of rotatable bonds is 7. The molecule has 0 saturated carbocycles. The number of ether oxygens (including phenoxy) is 2. The topological polar surface area (TPSA) is 57.4 Å². The summed E-state index contributed by atoms with van der Waals surface area (Å²) in [5, 5.41) is 7.96. The third-order valence-corrected chi connectivity index (χ3v) is 3.94. The molecule has 0 atom stereocenters. The molecule has 4 rings (SSSR count). The first-order valence-electron chi connectivity index (χ1n) is 8.64. The summed E-state index contributed by atoms with van der Waals surface area (Å²) >= 11 is 0. The quantitative estimate of drug-likeness (QED) is 0.470. The largest absolute Gasteiger partial charge is 0.484 e. The molecule has 0 aliphatic rings. The summed E-state index contributed by atoms with van der Waals surface area (Å²) in [4.78, 5) is 0. The molecule has 0 aliphatic carbocycles. The predicted octanol–water partition coefficient (Wildman–Crippen LogP) is 4.89. The van der Waals surface area contributed by atoms with Crippen LogP contribution in [0.5, 0.6) is 11.5 Å². The van der Waals surface area contributed by atoms with Gasteiger partial charge in [-0.1, -0.05) is 60.7 Å². The molecule has 1 heterocycles. The Balaban J connectivity index is 1.31. The van der Waals surface area contributed by atoms with Gasteiger partial charge in [0.05, 0.1) is 0 Å². The van der Waals surface area contributed by atoms with E-state index in [1.54, 1.807) is 0 Å². The van der Waals surface area contributed by atoms with Gasteiger partial charge in [0.2, 0.25) is 0 Å². The molecular formula is C22H18N2O3. The van der Waals surface area contributed by atoms with Crippen molar-refractivity contribution in [3.63, 3.8) is 0 Å². The third-order valence-electron chi connectivity index (χ3n) is 3.94. The van der Waals surface area contributed by atoms with Gasteiger partial charge in [0.15, 0.2) is 13.2 Å². The van der Waals surface area contributed by atoms with Crippen molar-refractivity contribution in [2.24, 2.45) is 0 Å². The van der Waals surface area contributed by atoms with Crippen LogP contribution in [-0.4, -0.2) is 10.2 Å². The average molecular weight is 358 g/mol. The monoisotopic (exact) mass is 358 g/mol. The van der Waals surface area contributed by atoms with Gasteiger partial charge in [0.25, 0.3) is 11.8 Å². The molecule has 0 bridgehead atoms. The Bertz CT molecular complexity index is 967. The van der Waals surface area contributed by atoms with Crippen molar-refractivity contribution in [1.29, 1.82) is 0 Å². The minimum atomic E-state index is 0.211. The molecule has 0 radical (unpaired) electrons. The van der Waals surface area contributed by atoms with E-state index in [4.69, 9.17) is 13.9 Å². The zero-order valence-corrected chi connectivity index (χ0v) is 14.6. The summed E-state index contributed by atoms with van der Waals surface area (Å²) in [6.07, 6.45) is 0. The molecule has 27 heavy (non-hydrogen) atoms. The Kier molecular flexibility index (Phi) is 5.11. The highest BCUT2D eigenvalue weighted by Crippen LogP contribution is 2.22. The van der Waals surface area contributed by atoms with Crippen molar-refractivity contribution < 1.29 is 13.9 Å². The van der Waals surface area contributed by atoms with E-state index < -0.39 is 0 Å². The first-order chi connectivity index (χ1) is 13.4. The van der Waals surface area contributed by atoms with Gasteiger partial charge in [0, 0.05) is 0 Å². The predicted molar refractivity (Wildman–Crippen MR) is 101 cm³/mol. The molecule has 3 aromatic carbocycles. The summed E-state index contributed by atoms with van der Waals surface area (Å²) in [7, 11) is 0. The van der Waals surface area contributed by atoms with Crippen molar-refractivity contribution in [2.45, 2.75) is 13.2 Å². The van der Waals surface area contributed by atoms with Gasteiger partial charge < -0.3 is 13.9 Å². The molecule has 5 heteroatoms. The van der Waals surface area contributed by atoms with Crippen LogP contribution in [0, 0.1) is 0 Å². The van der Waals surface area contributed by atoms with Crippen LogP contribution in [-0.2, 0) is 13.2 Å². The smallest absolute Gasteiger partial charge is 0.254 e. The number of benzene rings is 3. The van der Waals surface area contributed by atoms with E-state index in [-0.39, 0.29) is 13.2 Å². The lowest BCUT2D eigenvalue weighted by Gasteiger charge is -2.05. The van der Waals surface area contributed by atoms with E-state index in [9.17, 15) is 0 Å². The van der Waals surface area contributed by atoms with Crippen molar-refractivity contribution in [1.82, 2.24) is 10.2 Å². The molecule has 0 spiro atoms. The zero-order chi connectivity index (χ0) is 18.3. The van der Waals surface area contributed by atoms with Crippen molar-refractivity contribution >= 4 is 0 Å². The Labute approximate surface area is 157 Å². The van der Waals surface area contributed by atoms with E-state index in [1.165, 1.54) is 5.56 Å². The molecule has 0 aliphatic heterocycles. The highest BCUT2D eigenvalue weighted by atomic mass is 16.5. The number of aromatic nitrogens is 2. The maximum atomic E-state index is 5.72. The van der Waals surface area contributed by atoms with E-state index in [2.05, 4.69) is 22.3 Å². The summed E-state index contributed by atoms with van der Waals surface area (Å²) in [6.45, 7) is 0.436. The second kappa shape index (κ2) is 8.19. The van der Waals surface area contributed by atoms with Gasteiger partial charge in [0.1, 0.15) is 11.5 Å². The Morgan fingerprint density at radius 2 is 1.04 bits per heavy atom. The molecule has 0 amide bonds. The van der Waals surface area contributed by atoms with E-state index in [0.717, 1.165) is 17.1 Å². The van der Waals surface area contributed by atoms with Crippen LogP contribution in [0.15, 0.2) is 89.3 Å². The average Bonchev–Trinajstić information content (AvgIpc) is 3.20. The third kappa shape index (κ3) is 4.52. The normalized spacial score (nSPS) is 10.5. The van der Waals surface area contributed by atoms with Crippen LogP contribution < -0.4 is 9.47 Å². The summed E-state index contributed by atoms with van der Waals surface area (Å²) < 4.78 is 16.9. The fourth-order valence-corrected chi connectivity index (χ4v) is 2.59. The van der Waals surface area contributed by atoms with E-state index >= 15 is 0 Å². The Hall–Kier alpha value is -3.60. The fraction of sp³-hybridized carbons (Fsp3) is 0.0909. The summed E-state index contributed by atoms with van der Waals surface area (Å²) in [6, 6.07) is 27.6. The van der Waals surface area contributed by atoms with Crippen molar-refractivity contribution in [3.05, 3.63) is 96.7 Å². The second-order valence-electron chi connectivity index (χ2n) is 5.87. The fourth-order valence-electron chi connectivity index (χ4n) is 2.59. The molecule has 1 aromatic heterocycles. The van der Waals surface area contributed by atoms with Crippen LogP contribution in [0.1, 0.15) is 11.8 Å². The lowest BCUT2D eigenvalue weighted by Crippen LogP contribution is -1.96. The number of hydrogen-bond acceptors (Lipinski definition) is 5. The van der Waals surface area contributed by atoms with E-state index in [0.29, 0.717) is 11.8 Å². The standard InChI is InChI=1S/C22H18N2O3/c1-3-7-17(8-4-1)18-11-13-20(14-12-18)26-16-22-24-23-21(27-22)15-25-19-9-5-2-6-10-19/h1-14H,15-16H2. The number of para-hydroxylation sites is 1. The minimum Gasteiger partial charge on any atom is -0.484 e. The first kappa shape index (κ1) is 16.8. The second-order valence-corrected chi connectivity index (χ2v) is 5.87. The van der Waals surface area contributed by atoms with Crippen LogP contribution in [0.3, 0.4) is 0 Å². The molecular weight excluding hydrogens is 340 g/mol. The van der Waals surface area contributed by atoms with Crippen molar-refractivity contribution in [2.75, 3.05) is 0 Å². The van der Waals surface area contributed by atoms with Gasteiger partial charge >= 0.3 is 0 Å². The molecule has 0 fully saturated rings. The van der Waals surface area contributed by atoms with Crippen LogP contribution >= 0.6 is 0 Å². The van der Waals surface area contributed by atoms with Crippen molar-refractivity contribution in [3.8, 4) is 22.6 Å². The van der Waals surface area contributed by atoms with Gasteiger partial charge in [-0.2, -0.15) is 0 Å². The lowest BCUT2D eigenvalue weighted by atomic mass is 10.1. The lowest BCUT2D eigenvalue weighted by molar-refractivity contribution is 0.232. The maximum absolute atomic E-state index is 5.72. The van der Waals surface area contributed by atoms with Crippen LogP contribution in [0.25, 0.3) is 11.1 Å². The van der Waals surface area contributed by atoms with E-state index in [1.807, 2.05) is 72.8 Å². The first-order valence-corrected chi connectivity index (χ1v) is 8.64. The number of nitrogens with zero attached hydrogens (tertiary/aromatic N) is 2. The molecule has 134 valence electrons. The summed E-state index contributed by atoms with van der Waals surface area (Å²) in [5.41, 5.74) is 2.31. The van der Waals surface area contributed by atoms with Gasteiger partial charge in [-0.3, -0.25) is 0 Å². The molecule has 0 unspecified atom stereocenters. The SMILES string of the molecule is c1ccc(OCc2nnc(COc3ccc(-c4ccccc4)cc3)o2)cc1. The molecule has 4 aromatic rings. The minimum absolute atomic E-state index is 0.211. The Morgan fingerprint density at radius 1 is 0.556 bits per heavy atom. The van der Waals surface area contributed by atoms with Gasteiger partial charge in [-0.05, 0) is 35.4 Å². The maximum Gasteiger partial charge on any atom is 0.254 e. The summed E-state index contributed by atoms with van der Waals surface area (Å²) in [5.74, 6) is 2.33. The Morgan fingerprint density at radius 3 is 1.63 bits per heavy atom. The highest BCUT2D eigenvalue weighted by Gasteiger charge is 2.08. The molecule has 5 nitrogen and oxygen atoms in total. The zero-order valence-electron chi connectivity index (χ0n) is 14.6. The van der Waals surface area contributed by atoms with Gasteiger partial charge in [-0.15, -0.1) is 10.2 Å². The van der Waals surface area contributed by atoms with Crippen LogP contribution in [0.4, 0.5) is 0 Å². The highest BCUT2D eigenvalue weighted by molar-refractivity contribution is 5.63. The van der Waals surface area contributed by atoms with Crippen LogP contribution in [0.2, 0.25) is 0 Å². The van der Waals surface area contributed by atoms with Gasteiger partial charge in [-0.25, -0.2) is 0 Å². The molecule has 0 N–H and O–H groups in total. The number of hydrogen-bond donors (Lipinski definition) is 0.